The quantitative estimate of drug-likeness (QED) is 0.718. The largest absolute Gasteiger partial charge is 0.481 e. The zero-order valence-electron chi connectivity index (χ0n) is 8.83. The summed E-state index contributed by atoms with van der Waals surface area (Å²) in [6.45, 7) is 0.401. The molecule has 0 aliphatic rings. The summed E-state index contributed by atoms with van der Waals surface area (Å²) in [5.74, 6) is -0.835. The number of ether oxygens (including phenoxy) is 1. The molecule has 0 aliphatic carbocycles. The van der Waals surface area contributed by atoms with Gasteiger partial charge in [-0.1, -0.05) is 30.3 Å². The molecule has 1 aromatic carbocycles. The minimum absolute atomic E-state index is 0.0888. The molecule has 1 atom stereocenters. The minimum atomic E-state index is -0.835. The maximum absolute atomic E-state index is 10.4. The normalized spacial score (nSPS) is 11.8. The van der Waals surface area contributed by atoms with Gasteiger partial charge >= 0.3 is 5.97 Å². The van der Waals surface area contributed by atoms with Crippen LogP contribution in [0.15, 0.2) is 30.3 Å². The van der Waals surface area contributed by atoms with E-state index in [0.29, 0.717) is 19.3 Å². The van der Waals surface area contributed by atoms with Gasteiger partial charge in [0.2, 0.25) is 0 Å². The molecule has 0 saturated heterocycles. The van der Waals surface area contributed by atoms with Crippen molar-refractivity contribution in [3.8, 4) is 0 Å². The van der Waals surface area contributed by atoms with Gasteiger partial charge in [-0.25, -0.2) is 0 Å². The number of carbonyl (C=O) groups excluding carboxylic acids is 1. The van der Waals surface area contributed by atoms with Crippen molar-refractivity contribution in [2.24, 2.45) is 0 Å². The average Bonchev–Trinajstić information content (AvgIpc) is 2.29. The second kappa shape index (κ2) is 6.61. The number of rotatable bonds is 7. The fraction of sp³-hybridized carbons (Fsp3) is 0.333. The maximum atomic E-state index is 10.4. The second-order valence-corrected chi connectivity index (χ2v) is 3.42. The van der Waals surface area contributed by atoms with E-state index in [9.17, 15) is 9.59 Å². The van der Waals surface area contributed by atoms with E-state index in [-0.39, 0.29) is 12.5 Å². The van der Waals surface area contributed by atoms with Gasteiger partial charge in [0, 0.05) is 6.42 Å². The van der Waals surface area contributed by atoms with E-state index in [0.717, 1.165) is 5.56 Å². The lowest BCUT2D eigenvalue weighted by atomic mass is 10.0. The summed E-state index contributed by atoms with van der Waals surface area (Å²) in [7, 11) is 0. The van der Waals surface area contributed by atoms with E-state index in [4.69, 9.17) is 9.84 Å². The van der Waals surface area contributed by atoms with Crippen molar-refractivity contribution in [3.63, 3.8) is 0 Å². The van der Waals surface area contributed by atoms with E-state index >= 15 is 0 Å². The molecule has 16 heavy (non-hydrogen) atoms. The highest BCUT2D eigenvalue weighted by molar-refractivity contribution is 5.66. The summed E-state index contributed by atoms with van der Waals surface area (Å²) in [6, 6.07) is 9.30. The molecule has 0 radical (unpaired) electrons. The molecule has 0 fully saturated rings. The molecule has 1 rings (SSSR count). The Morgan fingerprint density at radius 2 is 2.06 bits per heavy atom. The van der Waals surface area contributed by atoms with Crippen LogP contribution in [-0.4, -0.2) is 17.5 Å². The van der Waals surface area contributed by atoms with Crippen molar-refractivity contribution in [3.05, 3.63) is 35.9 Å². The monoisotopic (exact) mass is 222 g/mol. The number of aliphatic carboxylic acids is 1. The standard InChI is InChI=1S/C12H14O4/c13-9-16-11(7-4-8-12(14)15)10-5-2-1-3-6-10/h1-3,5-6,9,11H,4,7-8H2,(H,14,15). The zero-order chi connectivity index (χ0) is 11.8. The first-order valence-electron chi connectivity index (χ1n) is 5.10. The second-order valence-electron chi connectivity index (χ2n) is 3.42. The first-order chi connectivity index (χ1) is 7.74. The Morgan fingerprint density at radius 3 is 2.62 bits per heavy atom. The molecule has 0 spiro atoms. The van der Waals surface area contributed by atoms with Crippen molar-refractivity contribution in [1.29, 1.82) is 0 Å². The minimum Gasteiger partial charge on any atom is -0.481 e. The molecule has 0 bridgehead atoms. The van der Waals surface area contributed by atoms with Crippen LogP contribution in [0.25, 0.3) is 0 Å². The Hall–Kier alpha value is -1.84. The van der Waals surface area contributed by atoms with Crippen LogP contribution >= 0.6 is 0 Å². The van der Waals surface area contributed by atoms with E-state index in [1.807, 2.05) is 30.3 Å². The lowest BCUT2D eigenvalue weighted by molar-refractivity contribution is -0.137. The highest BCUT2D eigenvalue weighted by Gasteiger charge is 2.12. The van der Waals surface area contributed by atoms with Crippen molar-refractivity contribution in [2.45, 2.75) is 25.4 Å². The number of carboxylic acids is 1. The maximum Gasteiger partial charge on any atom is 0.303 e. The Morgan fingerprint density at radius 1 is 1.38 bits per heavy atom. The van der Waals surface area contributed by atoms with Gasteiger partial charge in [0.15, 0.2) is 0 Å². The molecule has 1 aromatic rings. The predicted octanol–water partition coefficient (Wildman–Crippen LogP) is 2.16. The number of carbonyl (C=O) groups is 2. The summed E-state index contributed by atoms with van der Waals surface area (Å²) in [4.78, 5) is 20.7. The van der Waals surface area contributed by atoms with E-state index in [1.165, 1.54) is 0 Å². The summed E-state index contributed by atoms with van der Waals surface area (Å²) in [6.07, 6.45) is 0.752. The van der Waals surface area contributed by atoms with Crippen LogP contribution in [0, 0.1) is 0 Å². The van der Waals surface area contributed by atoms with Crippen LogP contribution < -0.4 is 0 Å². The van der Waals surface area contributed by atoms with Crippen molar-refractivity contribution in [2.75, 3.05) is 0 Å². The van der Waals surface area contributed by atoms with Gasteiger partial charge in [-0.05, 0) is 18.4 Å². The van der Waals surface area contributed by atoms with E-state index in [1.54, 1.807) is 0 Å². The van der Waals surface area contributed by atoms with Gasteiger partial charge in [0.25, 0.3) is 6.47 Å². The fourth-order valence-electron chi connectivity index (χ4n) is 1.49. The fourth-order valence-corrected chi connectivity index (χ4v) is 1.49. The summed E-state index contributed by atoms with van der Waals surface area (Å²) < 4.78 is 4.94. The molecule has 0 aliphatic heterocycles. The first kappa shape index (κ1) is 12.2. The molecule has 1 unspecified atom stereocenters. The number of carboxylic acid groups (broad SMARTS) is 1. The van der Waals surface area contributed by atoms with Crippen LogP contribution in [0.3, 0.4) is 0 Å². The summed E-state index contributed by atoms with van der Waals surface area (Å²) >= 11 is 0. The van der Waals surface area contributed by atoms with Gasteiger partial charge in [0.1, 0.15) is 6.10 Å². The van der Waals surface area contributed by atoms with Gasteiger partial charge in [-0.15, -0.1) is 0 Å². The molecule has 4 heteroatoms. The topological polar surface area (TPSA) is 63.6 Å². The van der Waals surface area contributed by atoms with Crippen molar-refractivity contribution < 1.29 is 19.4 Å². The molecule has 86 valence electrons. The van der Waals surface area contributed by atoms with Gasteiger partial charge in [-0.3, -0.25) is 9.59 Å². The van der Waals surface area contributed by atoms with Crippen LogP contribution in [0.5, 0.6) is 0 Å². The predicted molar refractivity (Wildman–Crippen MR) is 57.8 cm³/mol. The molecule has 4 nitrogen and oxygen atoms in total. The average molecular weight is 222 g/mol. The third kappa shape index (κ3) is 4.13. The van der Waals surface area contributed by atoms with Crippen molar-refractivity contribution >= 4 is 12.4 Å². The van der Waals surface area contributed by atoms with Gasteiger partial charge in [0.05, 0.1) is 0 Å². The molecule has 0 aromatic heterocycles. The summed E-state index contributed by atoms with van der Waals surface area (Å²) in [5.41, 5.74) is 0.889. The number of hydrogen-bond donors (Lipinski definition) is 1. The highest BCUT2D eigenvalue weighted by atomic mass is 16.5. The van der Waals surface area contributed by atoms with E-state index < -0.39 is 5.97 Å². The van der Waals surface area contributed by atoms with Gasteiger partial charge < -0.3 is 9.84 Å². The molecule has 1 N–H and O–H groups in total. The molecule has 0 saturated carbocycles. The Kier molecular flexibility index (Phi) is 5.05. The Bertz CT molecular complexity index is 334. The number of hydrogen-bond acceptors (Lipinski definition) is 3. The summed E-state index contributed by atoms with van der Waals surface area (Å²) in [5, 5.41) is 8.52. The van der Waals surface area contributed by atoms with Crippen LogP contribution in [0.4, 0.5) is 0 Å². The van der Waals surface area contributed by atoms with Crippen LogP contribution in [0.1, 0.15) is 30.9 Å². The SMILES string of the molecule is O=COC(CCCC(=O)O)c1ccccc1. The Balaban J connectivity index is 2.54. The zero-order valence-corrected chi connectivity index (χ0v) is 8.83. The molecule has 0 heterocycles. The Labute approximate surface area is 93.9 Å². The van der Waals surface area contributed by atoms with E-state index in [2.05, 4.69) is 0 Å². The van der Waals surface area contributed by atoms with Crippen LogP contribution in [0.2, 0.25) is 0 Å². The third-order valence-electron chi connectivity index (χ3n) is 2.25. The molecular formula is C12H14O4. The van der Waals surface area contributed by atoms with Gasteiger partial charge in [-0.2, -0.15) is 0 Å². The highest BCUT2D eigenvalue weighted by Crippen LogP contribution is 2.22. The first-order valence-corrected chi connectivity index (χ1v) is 5.10. The number of benzene rings is 1. The lowest BCUT2D eigenvalue weighted by Gasteiger charge is -2.14. The smallest absolute Gasteiger partial charge is 0.303 e. The van der Waals surface area contributed by atoms with Crippen LogP contribution in [-0.2, 0) is 14.3 Å². The molecule has 0 amide bonds. The molecular weight excluding hydrogens is 208 g/mol. The van der Waals surface area contributed by atoms with Crippen molar-refractivity contribution in [1.82, 2.24) is 0 Å². The lowest BCUT2D eigenvalue weighted by Crippen LogP contribution is -2.04. The third-order valence-corrected chi connectivity index (χ3v) is 2.25.